The molecular weight excluding hydrogens is 2200 g/mol. The van der Waals surface area contributed by atoms with E-state index in [2.05, 4.69) is 155 Å². The third-order valence-corrected chi connectivity index (χ3v) is 22.1. The highest BCUT2D eigenvalue weighted by atomic mass is 35.7. The molecule has 0 unspecified atom stereocenters. The second kappa shape index (κ2) is 64.3. The van der Waals surface area contributed by atoms with Crippen LogP contribution < -0.4 is 27.0 Å². The summed E-state index contributed by atoms with van der Waals surface area (Å²) in [5.74, 6) is -1.20. The molecule has 4 aliphatic rings. The minimum absolute atomic E-state index is 0. The number of nitrogen functional groups attached to an aromatic ring is 1. The highest BCUT2D eigenvalue weighted by Gasteiger charge is 2.45. The number of imidazole rings is 1. The summed E-state index contributed by atoms with van der Waals surface area (Å²) >= 11 is 24.2. The van der Waals surface area contributed by atoms with E-state index in [1.807, 2.05) is 76.0 Å². The number of halogens is 7. The van der Waals surface area contributed by atoms with Gasteiger partial charge in [-0.15, -0.1) is 24.8 Å². The van der Waals surface area contributed by atoms with E-state index in [9.17, 15) is 73.9 Å². The molecule has 15 rings (SSSR count). The average Bonchev–Trinajstić information content (AvgIpc) is 1.62. The Morgan fingerprint density at radius 1 is 0.531 bits per heavy atom. The summed E-state index contributed by atoms with van der Waals surface area (Å²) in [6.45, 7) is 26.5. The number of aryl methyl sites for hydroxylation is 7. The molecule has 2 aromatic carbocycles. The van der Waals surface area contributed by atoms with Crippen molar-refractivity contribution in [2.24, 2.45) is 7.05 Å². The molecule has 8 N–H and O–H groups in total. The second-order valence-corrected chi connectivity index (χ2v) is 41.7. The van der Waals surface area contributed by atoms with Crippen LogP contribution in [0.25, 0.3) is 44.1 Å². The standard InChI is InChI=1S/C26H27FN8O3.C16H14N4O3.C15H23FN4O3.C10H15FN4O.C10H16FNO4.C5H9N3.C4H6N2.CH3ClO2S.2ClH.S4.S3.S2.H2S/c1-4-33-8-7-23(31-33)30-26(38)22-10-19(27)13-34(22)24(37)14-35-21-6-5-17(18-11-28-16(3)29-12-18)9-20(21)25(32-35)15(2)36;1-9(21)16-13-5-11(12-6-17-10(2)18-7-12)3-4-14(13)20(19-16)8-15(22)23;1-5-19-7-6-12(18-19)17-13(21)11-8-10(16)9-20(11)14(22)23-15(2,3)4;1-2-15-4-3-9(14-15)13-10(16)8-5-7(11)6-12-8;1-10(2,3)16-9(15)12-5-6(11)4-7(12)8(13)14;1-2-8-4-3-5(6)7-8;1-6-3-2-5-4-6;1-5(2,3)4;;;1-3-4-2;1-3-2;1-2;/h5-9,11-12,19,22H,4,10,13-14H2,1-3H3,(H,30,31,38);3-7H,8H2,1-2H3,(H,22,23);6-7,10-11H,5,8-9H2,1-4H3,(H,17,18,21);3-4,7-8,12H,2,5-6H2,1H3,(H,13,14,16);6-7H,4-5H2,1-3H3,(H,13,14);3-4H,2H2,1H3,(H2,6,7);2-4H,1H3;1H3;2*1H;;;;1H2/t19-,22+;;10-,11+;7-,8+;6-,7+;;;;;;;;;/m1.111........./s1. The number of anilines is 4. The first-order valence-corrected chi connectivity index (χ1v) is 54.5. The van der Waals surface area contributed by atoms with E-state index >= 15 is 0 Å². The van der Waals surface area contributed by atoms with Crippen LogP contribution in [0.1, 0.15) is 141 Å². The van der Waals surface area contributed by atoms with Gasteiger partial charge in [-0.2, -0.15) is 44.1 Å². The zero-order chi connectivity index (χ0) is 108. The van der Waals surface area contributed by atoms with Gasteiger partial charge in [0.05, 0.1) is 49.3 Å². The fourth-order valence-electron chi connectivity index (χ4n) is 13.5. The Labute approximate surface area is 908 Å². The Morgan fingerprint density at radius 3 is 1.18 bits per heavy atom. The SMILES string of the molecule is CC(=O)c1nn(CC(=O)O)c2ccc(-c3cnc(C)nc3)cc12.CC(C)(C)OC(=O)N1C[C@H](F)C[C@H]1C(=O)O.CCn1ccc(N)n1.CCn1ccc(NC(=O)[C@@H]2C[C@@H](F)CN2)n1.CCn1ccc(NC(=O)[C@@H]2C[C@@H](F)CN2C(=O)Cn2nc(C(C)=O)c3cc(-c4cnc(C)nc4)ccc32)n1.CCn1ccc(NC(=O)[C@@H]2C[C@@H](F)CN2C(=O)OC(C)(C)C)n1.CS(=O)(=O)Cl.Cl.Cl.Cn1ccnc1.S.S=S.S=S=S.S=S=S=S. The van der Waals surface area contributed by atoms with Gasteiger partial charge in [-0.25, -0.2) is 65.3 Å². The van der Waals surface area contributed by atoms with Crippen LogP contribution in [0.2, 0.25) is 0 Å². The Bertz CT molecular complexity index is 6390. The van der Waals surface area contributed by atoms with Crippen LogP contribution in [0.15, 0.2) is 129 Å². The van der Waals surface area contributed by atoms with Crippen molar-refractivity contribution in [1.29, 1.82) is 0 Å². The Kier molecular flexibility index (Phi) is 57.8. The minimum Gasteiger partial charge on any atom is -0.480 e. The van der Waals surface area contributed by atoms with E-state index in [0.717, 1.165) is 60.3 Å². The first kappa shape index (κ1) is 132. The lowest BCUT2D eigenvalue weighted by molar-refractivity contribution is -0.142. The van der Waals surface area contributed by atoms with Crippen molar-refractivity contribution in [2.75, 3.05) is 54.1 Å². The number of amides is 6. The molecule has 11 aromatic rings. The van der Waals surface area contributed by atoms with Gasteiger partial charge >= 0.3 is 24.1 Å². The molecule has 13 heterocycles. The molecule has 4 saturated heterocycles. The molecule has 0 bridgehead atoms. The van der Waals surface area contributed by atoms with Crippen LogP contribution in [-0.2, 0) is 187 Å². The molecule has 0 aliphatic carbocycles. The third kappa shape index (κ3) is 45.1. The molecule has 0 saturated carbocycles. The fourth-order valence-corrected chi connectivity index (χ4v) is 13.5. The normalized spacial score (nSPS) is 16.5. The van der Waals surface area contributed by atoms with Gasteiger partial charge in [0.1, 0.15) is 96.0 Å². The van der Waals surface area contributed by atoms with Crippen molar-refractivity contribution in [2.45, 2.75) is 222 Å². The molecular formula is C87H117Cl3F4N26O16S11. The van der Waals surface area contributed by atoms with Gasteiger partial charge < -0.3 is 56.2 Å². The number of carboxylic acids is 2. The maximum Gasteiger partial charge on any atom is 0.411 e. The molecule has 6 amide bonds. The zero-order valence-electron chi connectivity index (χ0n) is 82.5. The molecule has 147 heavy (non-hydrogen) atoms. The number of aliphatic carboxylic acids is 2. The Hall–Kier alpha value is -11.1. The van der Waals surface area contributed by atoms with E-state index in [1.54, 1.807) is 166 Å². The first-order chi connectivity index (χ1) is 67.8. The molecule has 60 heteroatoms. The summed E-state index contributed by atoms with van der Waals surface area (Å²) in [6, 6.07) is 14.2. The number of ether oxygens (including phenoxy) is 2. The number of carbonyl (C=O) groups is 10. The number of hydrogen-bond acceptors (Lipinski definition) is 33. The molecule has 4 fully saturated rings. The average molecular weight is 2320 g/mol. The lowest BCUT2D eigenvalue weighted by Crippen LogP contribution is -2.45. The largest absolute Gasteiger partial charge is 0.480 e. The smallest absolute Gasteiger partial charge is 0.411 e. The van der Waals surface area contributed by atoms with Crippen LogP contribution in [-0.4, -0.2) is 273 Å². The van der Waals surface area contributed by atoms with Crippen LogP contribution in [0.4, 0.5) is 50.4 Å². The van der Waals surface area contributed by atoms with Crippen molar-refractivity contribution >= 4 is 256 Å². The van der Waals surface area contributed by atoms with E-state index < -0.39 is 111 Å². The van der Waals surface area contributed by atoms with Crippen molar-refractivity contribution in [1.82, 2.24) is 108 Å². The van der Waals surface area contributed by atoms with Crippen LogP contribution >= 0.6 is 49.0 Å². The summed E-state index contributed by atoms with van der Waals surface area (Å²) in [5, 5.41) is 54.7. The first-order valence-electron chi connectivity index (χ1n) is 43.8. The lowest BCUT2D eigenvalue weighted by atomic mass is 10.0. The number of hydrogen-bond donors (Lipinski definition) is 7. The topological polar surface area (TPSA) is 524 Å². The van der Waals surface area contributed by atoms with Gasteiger partial charge in [0.2, 0.25) is 32.7 Å². The number of nitrogens with one attached hydrogen (secondary N) is 4. The molecule has 42 nitrogen and oxygen atoms in total. The van der Waals surface area contributed by atoms with E-state index in [-0.39, 0.29) is 132 Å². The zero-order valence-corrected chi connectivity index (χ0v) is 94.1. The number of ketones is 2. The van der Waals surface area contributed by atoms with Gasteiger partial charge in [0.25, 0.3) is 0 Å². The second-order valence-electron chi connectivity index (χ2n) is 33.4. The summed E-state index contributed by atoms with van der Waals surface area (Å²) in [7, 11) is 6.50. The highest BCUT2D eigenvalue weighted by molar-refractivity contribution is 8.51. The monoisotopic (exact) mass is 2310 g/mol. The van der Waals surface area contributed by atoms with Crippen LogP contribution in [0.3, 0.4) is 0 Å². The van der Waals surface area contributed by atoms with Gasteiger partial charge in [-0.1, -0.05) is 12.1 Å². The summed E-state index contributed by atoms with van der Waals surface area (Å²) in [4.78, 5) is 144. The van der Waals surface area contributed by atoms with Crippen LogP contribution in [0.5, 0.6) is 0 Å². The molecule has 8 atom stereocenters. The number of rotatable bonds is 19. The number of aromatic nitrogens is 18. The molecule has 4 aliphatic heterocycles. The molecule has 0 radical (unpaired) electrons. The van der Waals surface area contributed by atoms with Gasteiger partial charge in [0, 0.05) is 286 Å². The molecule has 0 spiro atoms. The number of carboxylic acid groups (broad SMARTS) is 2. The number of fused-ring (bicyclic) bond motifs is 2. The Morgan fingerprint density at radius 2 is 0.884 bits per heavy atom. The summed E-state index contributed by atoms with van der Waals surface area (Å²) < 4.78 is 94.6. The summed E-state index contributed by atoms with van der Waals surface area (Å²) in [6.07, 6.45) is 13.9. The summed E-state index contributed by atoms with van der Waals surface area (Å²) in [5.41, 5.74) is 8.80. The lowest BCUT2D eigenvalue weighted by Gasteiger charge is -2.27. The van der Waals surface area contributed by atoms with Gasteiger partial charge in [0.15, 0.2) is 29.0 Å². The van der Waals surface area contributed by atoms with Crippen molar-refractivity contribution in [3.05, 3.63) is 152 Å². The van der Waals surface area contributed by atoms with Crippen molar-refractivity contribution < 1.29 is 93.6 Å². The van der Waals surface area contributed by atoms with E-state index in [4.69, 9.17) is 25.4 Å². The molecule has 806 valence electrons. The third-order valence-electron chi connectivity index (χ3n) is 19.9. The molecule has 9 aromatic heterocycles. The minimum atomic E-state index is -3.19. The number of benzene rings is 2. The number of nitrogens with two attached hydrogens (primary N) is 1. The fraction of sp³-hybridized carbons (Fsp3) is 0.460. The number of Topliss-reactive ketones (excluding diaryl/α,β-unsaturated/α-hetero) is 2. The maximum atomic E-state index is 14.4. The van der Waals surface area contributed by atoms with Gasteiger partial charge in [-0.05, 0) is 125 Å². The number of alkyl halides is 4. The number of nitrogens with zero attached hydrogens (tertiary/aromatic N) is 21. The predicted molar refractivity (Wildman–Crippen MR) is 582 cm³/mol. The highest BCUT2D eigenvalue weighted by Crippen LogP contribution is 2.32. The van der Waals surface area contributed by atoms with E-state index in [0.29, 0.717) is 69.8 Å². The Balaban J connectivity index is 0.000000593. The van der Waals surface area contributed by atoms with Gasteiger partial charge in [-0.3, -0.25) is 71.5 Å². The maximum absolute atomic E-state index is 14.4. The van der Waals surface area contributed by atoms with Crippen molar-refractivity contribution in [3.8, 4) is 22.3 Å². The quantitative estimate of drug-likeness (QED) is 0.0225. The van der Waals surface area contributed by atoms with E-state index in [1.165, 1.54) is 45.9 Å². The van der Waals surface area contributed by atoms with Crippen molar-refractivity contribution in [3.63, 3.8) is 0 Å². The number of carbonyl (C=O) groups excluding carboxylic acids is 8. The van der Waals surface area contributed by atoms with Crippen LogP contribution in [0, 0.1) is 13.8 Å². The number of likely N-dealkylation sites (tertiary alicyclic amines) is 3. The predicted octanol–water partition coefficient (Wildman–Crippen LogP) is 11.1.